The maximum atomic E-state index is 10.4. The molecule has 1 atom stereocenters. The Labute approximate surface area is 163 Å². The molecule has 0 aliphatic carbocycles. The van der Waals surface area contributed by atoms with Gasteiger partial charge in [-0.2, -0.15) is 0 Å². The van der Waals surface area contributed by atoms with Gasteiger partial charge in [-0.05, 0) is 60.2 Å². The maximum absolute atomic E-state index is 10.4. The van der Waals surface area contributed by atoms with E-state index in [1.807, 2.05) is 26.0 Å². The van der Waals surface area contributed by atoms with E-state index in [4.69, 9.17) is 11.6 Å². The number of benzene rings is 2. The summed E-state index contributed by atoms with van der Waals surface area (Å²) in [4.78, 5) is 10.4. The van der Waals surface area contributed by atoms with Crippen LogP contribution in [0.4, 0.5) is 0 Å². The van der Waals surface area contributed by atoms with Crippen molar-refractivity contribution in [2.45, 2.75) is 53.5 Å². The quantitative estimate of drug-likeness (QED) is 0.557. The second-order valence-electron chi connectivity index (χ2n) is 6.12. The summed E-state index contributed by atoms with van der Waals surface area (Å²) in [6.45, 7) is 10.9. The molecule has 26 heavy (non-hydrogen) atoms. The van der Waals surface area contributed by atoms with E-state index in [0.717, 1.165) is 23.4 Å². The first-order valence-electron chi connectivity index (χ1n) is 9.25. The smallest absolute Gasteiger partial charge is 0.207 e. The number of carbonyl (C=O) groups excluding carboxylic acids is 1. The summed E-state index contributed by atoms with van der Waals surface area (Å²) in [6.07, 6.45) is 6.15. The summed E-state index contributed by atoms with van der Waals surface area (Å²) >= 11 is 6.19. The molecule has 140 valence electrons. The molecule has 2 aromatic carbocycles. The molecule has 0 saturated carbocycles. The third-order valence-electron chi connectivity index (χ3n) is 4.20. The highest BCUT2D eigenvalue weighted by Gasteiger charge is 2.07. The van der Waals surface area contributed by atoms with Gasteiger partial charge >= 0.3 is 0 Å². The molecule has 2 aromatic rings. The molecule has 2 rings (SSSR count). The lowest BCUT2D eigenvalue weighted by molar-refractivity contribution is -0.109. The molecule has 0 spiro atoms. The van der Waals surface area contributed by atoms with Gasteiger partial charge in [0.2, 0.25) is 6.41 Å². The van der Waals surface area contributed by atoms with Crippen LogP contribution in [0, 0.1) is 13.8 Å². The number of amides is 1. The molecule has 1 N–H and O–H groups in total. The zero-order valence-electron chi connectivity index (χ0n) is 16.5. The van der Waals surface area contributed by atoms with Crippen LogP contribution in [0.1, 0.15) is 60.9 Å². The van der Waals surface area contributed by atoms with Gasteiger partial charge in [0.05, 0.1) is 0 Å². The number of hydrogen-bond acceptors (Lipinski definition) is 1. The minimum absolute atomic E-state index is 0.346. The van der Waals surface area contributed by atoms with Gasteiger partial charge in [-0.15, -0.1) is 0 Å². The summed E-state index contributed by atoms with van der Waals surface area (Å²) in [5.74, 6) is 0.346. The number of nitrogens with one attached hydrogen (secondary N) is 1. The number of aryl methyl sites for hydroxylation is 2. The number of halogens is 1. The predicted octanol–water partition coefficient (Wildman–Crippen LogP) is 6.44. The third-order valence-corrected chi connectivity index (χ3v) is 4.41. The Morgan fingerprint density at radius 3 is 2.42 bits per heavy atom. The Hall–Kier alpha value is -2.06. The topological polar surface area (TPSA) is 29.1 Å². The molecule has 0 radical (unpaired) electrons. The molecule has 1 amide bonds. The van der Waals surface area contributed by atoms with E-state index in [9.17, 15) is 4.79 Å². The second-order valence-corrected chi connectivity index (χ2v) is 6.56. The van der Waals surface area contributed by atoms with Crippen molar-refractivity contribution in [3.63, 3.8) is 0 Å². The fourth-order valence-electron chi connectivity index (χ4n) is 2.86. The Balaban J connectivity index is 0.00000163. The van der Waals surface area contributed by atoms with Crippen LogP contribution in [0.2, 0.25) is 5.02 Å². The van der Waals surface area contributed by atoms with Gasteiger partial charge in [0.1, 0.15) is 0 Å². The van der Waals surface area contributed by atoms with Crippen molar-refractivity contribution >= 4 is 24.1 Å². The van der Waals surface area contributed by atoms with Gasteiger partial charge in [-0.1, -0.05) is 68.8 Å². The molecule has 0 aliphatic rings. The molecular weight excluding hydrogens is 342 g/mol. The minimum atomic E-state index is 0.346. The van der Waals surface area contributed by atoms with Gasteiger partial charge < -0.3 is 5.32 Å². The van der Waals surface area contributed by atoms with Crippen molar-refractivity contribution in [3.05, 3.63) is 75.3 Å². The normalized spacial score (nSPS) is 11.6. The van der Waals surface area contributed by atoms with Crippen LogP contribution in [-0.4, -0.2) is 6.41 Å². The molecule has 3 heteroatoms. The number of allylic oxidation sites excluding steroid dienone is 1. The van der Waals surface area contributed by atoms with Crippen molar-refractivity contribution in [2.75, 3.05) is 0 Å². The standard InChI is InChI=1S/C21H24ClNO.C2H6/c1-4-18(20-9-15(2)10-21(22)12-20)7-5-17-6-8-19(13-23-14-24)16(3)11-17;1-2/h5-12,14,18H,4,13H2,1-3H3,(H,23,24);1-2H3/b7-5+;. The second kappa shape index (κ2) is 11.5. The van der Waals surface area contributed by atoms with Gasteiger partial charge in [-0.25, -0.2) is 0 Å². The van der Waals surface area contributed by atoms with Crippen molar-refractivity contribution in [1.29, 1.82) is 0 Å². The zero-order chi connectivity index (χ0) is 19.5. The lowest BCUT2D eigenvalue weighted by Gasteiger charge is -2.12. The number of hydrogen-bond donors (Lipinski definition) is 1. The zero-order valence-corrected chi connectivity index (χ0v) is 17.2. The average molecular weight is 372 g/mol. The summed E-state index contributed by atoms with van der Waals surface area (Å²) in [5.41, 5.74) is 5.92. The summed E-state index contributed by atoms with van der Waals surface area (Å²) in [5, 5.41) is 3.50. The SMILES string of the molecule is CC.CCC(/C=C/c1ccc(CNC=O)c(C)c1)c1cc(C)cc(Cl)c1. The van der Waals surface area contributed by atoms with Crippen LogP contribution in [0.5, 0.6) is 0 Å². The molecular formula is C23H30ClNO. The van der Waals surface area contributed by atoms with Crippen LogP contribution in [-0.2, 0) is 11.3 Å². The van der Waals surface area contributed by atoms with Crippen molar-refractivity contribution < 1.29 is 4.79 Å². The van der Waals surface area contributed by atoms with Crippen LogP contribution in [0.3, 0.4) is 0 Å². The van der Waals surface area contributed by atoms with E-state index in [2.05, 4.69) is 62.5 Å². The average Bonchev–Trinajstić information content (AvgIpc) is 2.62. The molecule has 0 aliphatic heterocycles. The summed E-state index contributed by atoms with van der Waals surface area (Å²) in [7, 11) is 0. The highest BCUT2D eigenvalue weighted by Crippen LogP contribution is 2.26. The molecule has 0 heterocycles. The predicted molar refractivity (Wildman–Crippen MR) is 114 cm³/mol. The molecule has 0 fully saturated rings. The lowest BCUT2D eigenvalue weighted by atomic mass is 9.93. The van der Waals surface area contributed by atoms with Gasteiger partial charge in [0, 0.05) is 17.5 Å². The molecule has 1 unspecified atom stereocenters. The highest BCUT2D eigenvalue weighted by atomic mass is 35.5. The van der Waals surface area contributed by atoms with E-state index in [1.54, 1.807) is 0 Å². The summed E-state index contributed by atoms with van der Waals surface area (Å²) in [6, 6.07) is 12.5. The van der Waals surface area contributed by atoms with Gasteiger partial charge in [0.15, 0.2) is 0 Å². The fraction of sp³-hybridized carbons (Fsp3) is 0.348. The van der Waals surface area contributed by atoms with Crippen molar-refractivity contribution in [1.82, 2.24) is 5.32 Å². The fourth-order valence-corrected chi connectivity index (χ4v) is 3.16. The van der Waals surface area contributed by atoms with Crippen LogP contribution in [0.15, 0.2) is 42.5 Å². The summed E-state index contributed by atoms with van der Waals surface area (Å²) < 4.78 is 0. The molecule has 0 saturated heterocycles. The Morgan fingerprint density at radius 2 is 1.85 bits per heavy atom. The number of carbonyl (C=O) groups is 1. The first-order chi connectivity index (χ1) is 12.5. The lowest BCUT2D eigenvalue weighted by Crippen LogP contribution is -2.10. The largest absolute Gasteiger partial charge is 0.355 e. The van der Waals surface area contributed by atoms with E-state index < -0.39 is 0 Å². The minimum Gasteiger partial charge on any atom is -0.355 e. The van der Waals surface area contributed by atoms with E-state index >= 15 is 0 Å². The van der Waals surface area contributed by atoms with Crippen LogP contribution in [0.25, 0.3) is 6.08 Å². The van der Waals surface area contributed by atoms with Crippen LogP contribution < -0.4 is 5.32 Å². The van der Waals surface area contributed by atoms with Gasteiger partial charge in [0.25, 0.3) is 0 Å². The first kappa shape index (κ1) is 22.0. The molecule has 2 nitrogen and oxygen atoms in total. The maximum Gasteiger partial charge on any atom is 0.207 e. The number of rotatable bonds is 7. The third kappa shape index (κ3) is 6.68. The van der Waals surface area contributed by atoms with E-state index in [1.165, 1.54) is 22.3 Å². The Morgan fingerprint density at radius 1 is 1.12 bits per heavy atom. The van der Waals surface area contributed by atoms with Crippen molar-refractivity contribution in [2.24, 2.45) is 0 Å². The van der Waals surface area contributed by atoms with Crippen LogP contribution >= 0.6 is 11.6 Å². The van der Waals surface area contributed by atoms with Gasteiger partial charge in [-0.3, -0.25) is 4.79 Å². The Kier molecular flexibility index (Phi) is 9.75. The van der Waals surface area contributed by atoms with E-state index in [-0.39, 0.29) is 0 Å². The first-order valence-corrected chi connectivity index (χ1v) is 9.63. The molecule has 0 bridgehead atoms. The van der Waals surface area contributed by atoms with Crippen molar-refractivity contribution in [3.8, 4) is 0 Å². The molecule has 0 aromatic heterocycles. The Bertz CT molecular complexity index is 717. The monoisotopic (exact) mass is 371 g/mol. The van der Waals surface area contributed by atoms with E-state index in [0.29, 0.717) is 12.5 Å². The highest BCUT2D eigenvalue weighted by molar-refractivity contribution is 6.30.